The van der Waals surface area contributed by atoms with Gasteiger partial charge in [-0.2, -0.15) is 0 Å². The molecule has 0 radical (unpaired) electrons. The van der Waals surface area contributed by atoms with Gasteiger partial charge in [-0.05, 0) is 53.9 Å². The van der Waals surface area contributed by atoms with E-state index in [-0.39, 0.29) is 11.5 Å². The van der Waals surface area contributed by atoms with Crippen molar-refractivity contribution in [2.75, 3.05) is 11.9 Å². The fourth-order valence-electron chi connectivity index (χ4n) is 3.44. The van der Waals surface area contributed by atoms with Gasteiger partial charge < -0.3 is 10.2 Å². The van der Waals surface area contributed by atoms with Gasteiger partial charge in [0.1, 0.15) is 11.6 Å². The van der Waals surface area contributed by atoms with Gasteiger partial charge in [0.15, 0.2) is 0 Å². The van der Waals surface area contributed by atoms with Crippen LogP contribution in [0.25, 0.3) is 0 Å². The van der Waals surface area contributed by atoms with Gasteiger partial charge in [0.2, 0.25) is 0 Å². The van der Waals surface area contributed by atoms with Crippen LogP contribution in [0.15, 0.2) is 66.7 Å². The second-order valence-electron chi connectivity index (χ2n) is 6.90. The largest absolute Gasteiger partial charge is 0.334 e. The molecular weight excluding hydrogens is 374 g/mol. The van der Waals surface area contributed by atoms with Gasteiger partial charge in [-0.1, -0.05) is 24.3 Å². The first-order valence-corrected chi connectivity index (χ1v) is 9.24. The maximum absolute atomic E-state index is 13.8. The molecule has 146 valence electrons. The van der Waals surface area contributed by atoms with E-state index in [4.69, 9.17) is 0 Å². The minimum Gasteiger partial charge on any atom is -0.334 e. The quantitative estimate of drug-likeness (QED) is 0.718. The van der Waals surface area contributed by atoms with Crippen LogP contribution in [0.3, 0.4) is 0 Å². The molecule has 6 heteroatoms. The van der Waals surface area contributed by atoms with Gasteiger partial charge in [-0.25, -0.2) is 8.78 Å². The number of nitrogens with zero attached hydrogens (tertiary/aromatic N) is 1. The SMILES string of the molecule is O=C(Nc1ccc2c(c1)CN(C(=O)c1ccccc1)CC2)c1ccc(F)cc1F. The van der Waals surface area contributed by atoms with Crippen LogP contribution in [0.1, 0.15) is 31.8 Å². The highest BCUT2D eigenvalue weighted by Gasteiger charge is 2.22. The average Bonchev–Trinajstić information content (AvgIpc) is 2.73. The molecule has 0 aromatic heterocycles. The number of carbonyl (C=O) groups is 2. The first-order valence-electron chi connectivity index (χ1n) is 9.24. The van der Waals surface area contributed by atoms with Crippen LogP contribution in [-0.2, 0) is 13.0 Å². The third kappa shape index (κ3) is 4.01. The van der Waals surface area contributed by atoms with Crippen molar-refractivity contribution >= 4 is 17.5 Å². The number of carbonyl (C=O) groups excluding carboxylic acids is 2. The van der Waals surface area contributed by atoms with E-state index in [1.54, 1.807) is 29.2 Å². The number of halogens is 2. The summed E-state index contributed by atoms with van der Waals surface area (Å²) >= 11 is 0. The highest BCUT2D eigenvalue weighted by atomic mass is 19.1. The van der Waals surface area contributed by atoms with Crippen LogP contribution < -0.4 is 5.32 Å². The molecule has 0 bridgehead atoms. The molecule has 1 N–H and O–H groups in total. The lowest BCUT2D eigenvalue weighted by atomic mass is 9.98. The Balaban J connectivity index is 1.51. The summed E-state index contributed by atoms with van der Waals surface area (Å²) in [5.41, 5.74) is 2.93. The molecule has 0 atom stereocenters. The summed E-state index contributed by atoms with van der Waals surface area (Å²) < 4.78 is 26.9. The van der Waals surface area contributed by atoms with Crippen LogP contribution >= 0.6 is 0 Å². The van der Waals surface area contributed by atoms with Crippen molar-refractivity contribution < 1.29 is 18.4 Å². The van der Waals surface area contributed by atoms with Crippen molar-refractivity contribution in [1.29, 1.82) is 0 Å². The lowest BCUT2D eigenvalue weighted by molar-refractivity contribution is 0.0734. The van der Waals surface area contributed by atoms with Crippen molar-refractivity contribution in [2.45, 2.75) is 13.0 Å². The third-order valence-corrected chi connectivity index (χ3v) is 4.96. The van der Waals surface area contributed by atoms with Crippen LogP contribution in [0.4, 0.5) is 14.5 Å². The Morgan fingerprint density at radius 1 is 0.897 bits per heavy atom. The minimum absolute atomic E-state index is 0.0425. The molecule has 4 rings (SSSR count). The zero-order valence-electron chi connectivity index (χ0n) is 15.5. The number of hydrogen-bond acceptors (Lipinski definition) is 2. The number of benzene rings is 3. The molecule has 1 aliphatic rings. The van der Waals surface area contributed by atoms with E-state index in [0.717, 1.165) is 23.3 Å². The first-order chi connectivity index (χ1) is 14.0. The molecule has 0 fully saturated rings. The number of anilines is 1. The van der Waals surface area contributed by atoms with Crippen molar-refractivity contribution in [3.8, 4) is 0 Å². The summed E-state index contributed by atoms with van der Waals surface area (Å²) in [5.74, 6) is -2.36. The molecule has 0 aliphatic carbocycles. The van der Waals surface area contributed by atoms with Crippen molar-refractivity contribution in [3.05, 3.63) is 101 Å². The summed E-state index contributed by atoms with van der Waals surface area (Å²) in [7, 11) is 0. The van der Waals surface area contributed by atoms with E-state index in [2.05, 4.69) is 5.32 Å². The second kappa shape index (κ2) is 7.83. The molecule has 0 saturated carbocycles. The topological polar surface area (TPSA) is 49.4 Å². The Kier molecular flexibility index (Phi) is 5.08. The smallest absolute Gasteiger partial charge is 0.258 e. The predicted molar refractivity (Wildman–Crippen MR) is 106 cm³/mol. The summed E-state index contributed by atoms with van der Waals surface area (Å²) in [6.07, 6.45) is 0.717. The van der Waals surface area contributed by atoms with Gasteiger partial charge in [-0.3, -0.25) is 9.59 Å². The molecule has 0 unspecified atom stereocenters. The number of nitrogens with one attached hydrogen (secondary N) is 1. The maximum Gasteiger partial charge on any atom is 0.258 e. The Hall–Kier alpha value is -3.54. The fourth-order valence-corrected chi connectivity index (χ4v) is 3.44. The monoisotopic (exact) mass is 392 g/mol. The van der Waals surface area contributed by atoms with E-state index < -0.39 is 17.5 Å². The number of rotatable bonds is 3. The molecule has 0 spiro atoms. The molecule has 4 nitrogen and oxygen atoms in total. The highest BCUT2D eigenvalue weighted by molar-refractivity contribution is 6.04. The number of hydrogen-bond donors (Lipinski definition) is 1. The fraction of sp³-hybridized carbons (Fsp3) is 0.130. The van der Waals surface area contributed by atoms with E-state index in [9.17, 15) is 18.4 Å². The molecule has 1 aliphatic heterocycles. The highest BCUT2D eigenvalue weighted by Crippen LogP contribution is 2.24. The molecule has 1 heterocycles. The molecular formula is C23H18F2N2O2. The Labute approximate surface area is 166 Å². The zero-order chi connectivity index (χ0) is 20.4. The van der Waals surface area contributed by atoms with Gasteiger partial charge >= 0.3 is 0 Å². The summed E-state index contributed by atoms with van der Waals surface area (Å²) in [4.78, 5) is 26.8. The number of amides is 2. The van der Waals surface area contributed by atoms with Gasteiger partial charge in [0.25, 0.3) is 11.8 Å². The van der Waals surface area contributed by atoms with Gasteiger partial charge in [0.05, 0.1) is 5.56 Å². The van der Waals surface area contributed by atoms with Crippen molar-refractivity contribution in [2.24, 2.45) is 0 Å². The van der Waals surface area contributed by atoms with E-state index in [0.29, 0.717) is 36.8 Å². The molecule has 3 aromatic carbocycles. The summed E-state index contributed by atoms with van der Waals surface area (Å²) in [5, 5.41) is 2.64. The average molecular weight is 392 g/mol. The van der Waals surface area contributed by atoms with E-state index in [1.807, 2.05) is 24.3 Å². The number of fused-ring (bicyclic) bond motifs is 1. The minimum atomic E-state index is -0.917. The zero-order valence-corrected chi connectivity index (χ0v) is 15.5. The predicted octanol–water partition coefficient (Wildman–Crippen LogP) is 4.42. The lowest BCUT2D eigenvalue weighted by Gasteiger charge is -2.29. The first kappa shape index (κ1) is 18.8. The van der Waals surface area contributed by atoms with E-state index in [1.165, 1.54) is 0 Å². The summed E-state index contributed by atoms with van der Waals surface area (Å²) in [6.45, 7) is 1.05. The summed E-state index contributed by atoms with van der Waals surface area (Å²) in [6, 6.07) is 17.3. The van der Waals surface area contributed by atoms with E-state index >= 15 is 0 Å². The van der Waals surface area contributed by atoms with Crippen LogP contribution in [0, 0.1) is 11.6 Å². The molecule has 3 aromatic rings. The Morgan fingerprint density at radius 3 is 2.45 bits per heavy atom. The molecule has 29 heavy (non-hydrogen) atoms. The molecule has 2 amide bonds. The normalized spacial score (nSPS) is 13.0. The van der Waals surface area contributed by atoms with Crippen molar-refractivity contribution in [1.82, 2.24) is 4.90 Å². The van der Waals surface area contributed by atoms with Crippen LogP contribution in [-0.4, -0.2) is 23.3 Å². The molecule has 0 saturated heterocycles. The lowest BCUT2D eigenvalue weighted by Crippen LogP contribution is -2.36. The third-order valence-electron chi connectivity index (χ3n) is 4.96. The maximum atomic E-state index is 13.8. The van der Waals surface area contributed by atoms with Gasteiger partial charge in [0, 0.05) is 30.4 Å². The second-order valence-corrected chi connectivity index (χ2v) is 6.90. The van der Waals surface area contributed by atoms with Gasteiger partial charge in [-0.15, -0.1) is 0 Å². The Bertz CT molecular complexity index is 1080. The van der Waals surface area contributed by atoms with Crippen LogP contribution in [0.5, 0.6) is 0 Å². The Morgan fingerprint density at radius 2 is 1.69 bits per heavy atom. The van der Waals surface area contributed by atoms with Crippen LogP contribution in [0.2, 0.25) is 0 Å². The standard InChI is InChI=1S/C23H18F2N2O2/c24-18-7-9-20(21(25)13-18)22(28)26-19-8-6-15-10-11-27(14-17(15)12-19)23(29)16-4-2-1-3-5-16/h1-9,12-13H,10-11,14H2,(H,26,28). The van der Waals surface area contributed by atoms with Crippen molar-refractivity contribution in [3.63, 3.8) is 0 Å².